The molecule has 7 nitrogen and oxygen atoms in total. The second-order valence-electron chi connectivity index (χ2n) is 7.09. The number of benzene rings is 2. The average molecular weight is 392 g/mol. The number of para-hydroxylation sites is 2. The van der Waals surface area contributed by atoms with Crippen LogP contribution in [0.1, 0.15) is 16.8 Å². The molecule has 2 aromatic rings. The minimum atomic E-state index is -0.699. The van der Waals surface area contributed by atoms with E-state index in [9.17, 15) is 9.59 Å². The van der Waals surface area contributed by atoms with Crippen LogP contribution in [0.25, 0.3) is 0 Å². The molecule has 1 unspecified atom stereocenters. The summed E-state index contributed by atoms with van der Waals surface area (Å²) in [5, 5.41) is 2.85. The highest BCUT2D eigenvalue weighted by atomic mass is 16.5. The number of Topliss-reactive ketones (excluding diaryl/α,β-unsaturated/α-hetero) is 1. The molecule has 7 heteroatoms. The Hall–Kier alpha value is -3.35. The van der Waals surface area contributed by atoms with Crippen molar-refractivity contribution in [1.29, 1.82) is 0 Å². The Labute approximate surface area is 170 Å². The van der Waals surface area contributed by atoms with E-state index in [1.54, 1.807) is 18.2 Å². The van der Waals surface area contributed by atoms with Crippen LogP contribution in [0.15, 0.2) is 59.6 Å². The van der Waals surface area contributed by atoms with E-state index in [-0.39, 0.29) is 18.1 Å². The number of amides is 1. The van der Waals surface area contributed by atoms with Crippen molar-refractivity contribution >= 4 is 23.3 Å². The van der Waals surface area contributed by atoms with Gasteiger partial charge in [0.15, 0.2) is 5.78 Å². The number of ketones is 1. The summed E-state index contributed by atoms with van der Waals surface area (Å²) in [6.45, 7) is 3.23. The topological polar surface area (TPSA) is 74.2 Å². The third-order valence-corrected chi connectivity index (χ3v) is 5.30. The summed E-state index contributed by atoms with van der Waals surface area (Å²) >= 11 is 0. The van der Waals surface area contributed by atoms with Crippen molar-refractivity contribution in [2.75, 3.05) is 38.2 Å². The van der Waals surface area contributed by atoms with Gasteiger partial charge in [-0.05, 0) is 24.3 Å². The number of rotatable bonds is 5. The molecule has 4 rings (SSSR count). The van der Waals surface area contributed by atoms with Gasteiger partial charge in [-0.25, -0.2) is 4.99 Å². The molecule has 1 saturated heterocycles. The first kappa shape index (κ1) is 19.0. The molecule has 2 aliphatic heterocycles. The van der Waals surface area contributed by atoms with Crippen molar-refractivity contribution < 1.29 is 14.3 Å². The third kappa shape index (κ3) is 4.08. The van der Waals surface area contributed by atoms with Gasteiger partial charge >= 0.3 is 0 Å². The van der Waals surface area contributed by atoms with Gasteiger partial charge < -0.3 is 14.5 Å². The number of carbonyl (C=O) groups is 2. The van der Waals surface area contributed by atoms with Crippen molar-refractivity contribution in [3.05, 3.63) is 60.2 Å². The van der Waals surface area contributed by atoms with E-state index in [1.807, 2.05) is 24.3 Å². The van der Waals surface area contributed by atoms with Gasteiger partial charge in [0.05, 0.1) is 12.7 Å². The molecule has 0 bridgehead atoms. The minimum Gasteiger partial charge on any atom is -0.496 e. The average Bonchev–Trinajstić information content (AvgIpc) is 3.14. The highest BCUT2D eigenvalue weighted by molar-refractivity contribution is 6.08. The Balaban J connectivity index is 1.39. The van der Waals surface area contributed by atoms with Gasteiger partial charge in [-0.2, -0.15) is 0 Å². The number of ether oxygens (including phenoxy) is 1. The summed E-state index contributed by atoms with van der Waals surface area (Å²) in [6.07, 6.45) is 0.0275. The maximum absolute atomic E-state index is 12.7. The van der Waals surface area contributed by atoms with Gasteiger partial charge in [0, 0.05) is 38.3 Å². The van der Waals surface area contributed by atoms with E-state index in [2.05, 4.69) is 32.2 Å². The number of guanidine groups is 1. The molecule has 1 N–H and O–H groups in total. The predicted molar refractivity (Wildman–Crippen MR) is 112 cm³/mol. The zero-order valence-corrected chi connectivity index (χ0v) is 16.4. The molecule has 1 fully saturated rings. The first-order chi connectivity index (χ1) is 14.2. The number of anilines is 1. The van der Waals surface area contributed by atoms with Gasteiger partial charge in [-0.3, -0.25) is 14.9 Å². The second-order valence-corrected chi connectivity index (χ2v) is 7.09. The lowest BCUT2D eigenvalue weighted by molar-refractivity contribution is -0.120. The fraction of sp³-hybridized carbons (Fsp3) is 0.318. The van der Waals surface area contributed by atoms with Gasteiger partial charge in [0.25, 0.3) is 5.91 Å². The Bertz CT molecular complexity index is 921. The first-order valence-corrected chi connectivity index (χ1v) is 9.75. The third-order valence-electron chi connectivity index (χ3n) is 5.30. The van der Waals surface area contributed by atoms with Gasteiger partial charge in [0.2, 0.25) is 5.96 Å². The molecule has 1 atom stereocenters. The first-order valence-electron chi connectivity index (χ1n) is 9.75. The summed E-state index contributed by atoms with van der Waals surface area (Å²) in [7, 11) is 1.53. The largest absolute Gasteiger partial charge is 0.496 e. The van der Waals surface area contributed by atoms with E-state index in [4.69, 9.17) is 4.74 Å². The van der Waals surface area contributed by atoms with Crippen molar-refractivity contribution in [2.45, 2.75) is 12.5 Å². The molecule has 150 valence electrons. The SMILES string of the molecule is COc1ccccc1C(=O)CC1N=C(N2CCN(c3ccccc3)CC2)NC1=O. The lowest BCUT2D eigenvalue weighted by Gasteiger charge is -2.36. The van der Waals surface area contributed by atoms with Crippen LogP contribution >= 0.6 is 0 Å². The van der Waals surface area contributed by atoms with Crippen LogP contribution in [0.2, 0.25) is 0 Å². The second kappa shape index (κ2) is 8.34. The van der Waals surface area contributed by atoms with Crippen LogP contribution in [-0.4, -0.2) is 61.9 Å². The van der Waals surface area contributed by atoms with E-state index >= 15 is 0 Å². The molecular weight excluding hydrogens is 368 g/mol. The summed E-state index contributed by atoms with van der Waals surface area (Å²) in [5.41, 5.74) is 1.67. The van der Waals surface area contributed by atoms with E-state index in [0.717, 1.165) is 26.2 Å². The number of nitrogens with one attached hydrogen (secondary N) is 1. The predicted octanol–water partition coefficient (Wildman–Crippen LogP) is 1.94. The summed E-state index contributed by atoms with van der Waals surface area (Å²) in [6, 6.07) is 16.6. The number of methoxy groups -OCH3 is 1. The lowest BCUT2D eigenvalue weighted by Crippen LogP contribution is -2.52. The molecule has 0 aliphatic carbocycles. The van der Waals surface area contributed by atoms with Crippen LogP contribution in [0.3, 0.4) is 0 Å². The molecule has 0 aromatic heterocycles. The monoisotopic (exact) mass is 392 g/mol. The summed E-state index contributed by atoms with van der Waals surface area (Å²) < 4.78 is 5.25. The number of piperazine rings is 1. The van der Waals surface area contributed by atoms with Crippen LogP contribution in [0.4, 0.5) is 5.69 Å². The lowest BCUT2D eigenvalue weighted by atomic mass is 10.0. The Morgan fingerprint density at radius 1 is 1.03 bits per heavy atom. The number of hydrogen-bond acceptors (Lipinski definition) is 6. The Morgan fingerprint density at radius 2 is 1.69 bits per heavy atom. The molecule has 1 amide bonds. The highest BCUT2D eigenvalue weighted by Gasteiger charge is 2.33. The van der Waals surface area contributed by atoms with E-state index in [1.165, 1.54) is 12.8 Å². The van der Waals surface area contributed by atoms with Crippen molar-refractivity contribution in [2.24, 2.45) is 4.99 Å². The highest BCUT2D eigenvalue weighted by Crippen LogP contribution is 2.22. The molecule has 0 spiro atoms. The van der Waals surface area contributed by atoms with Crippen LogP contribution in [-0.2, 0) is 4.79 Å². The van der Waals surface area contributed by atoms with Gasteiger partial charge in [-0.1, -0.05) is 30.3 Å². The van der Waals surface area contributed by atoms with Crippen LogP contribution < -0.4 is 15.0 Å². The molecular formula is C22H24N4O3. The molecule has 2 heterocycles. The number of hydrogen-bond donors (Lipinski definition) is 1. The zero-order valence-electron chi connectivity index (χ0n) is 16.4. The molecule has 2 aromatic carbocycles. The molecule has 29 heavy (non-hydrogen) atoms. The Morgan fingerprint density at radius 3 is 2.41 bits per heavy atom. The molecule has 0 saturated carbocycles. The maximum Gasteiger partial charge on any atom is 0.252 e. The zero-order chi connectivity index (χ0) is 20.2. The van der Waals surface area contributed by atoms with E-state index in [0.29, 0.717) is 17.3 Å². The number of carbonyl (C=O) groups excluding carboxylic acids is 2. The van der Waals surface area contributed by atoms with Crippen LogP contribution in [0, 0.1) is 0 Å². The van der Waals surface area contributed by atoms with Gasteiger partial charge in [-0.15, -0.1) is 0 Å². The fourth-order valence-corrected chi connectivity index (χ4v) is 3.71. The van der Waals surface area contributed by atoms with Crippen LogP contribution in [0.5, 0.6) is 5.75 Å². The number of nitrogens with zero attached hydrogens (tertiary/aromatic N) is 3. The van der Waals surface area contributed by atoms with Crippen molar-refractivity contribution in [1.82, 2.24) is 10.2 Å². The normalized spacial score (nSPS) is 19.0. The fourth-order valence-electron chi connectivity index (χ4n) is 3.71. The summed E-state index contributed by atoms with van der Waals surface area (Å²) in [5.74, 6) is 0.702. The molecule has 2 aliphatic rings. The van der Waals surface area contributed by atoms with Crippen molar-refractivity contribution in [3.8, 4) is 5.75 Å². The van der Waals surface area contributed by atoms with Gasteiger partial charge in [0.1, 0.15) is 11.8 Å². The Kier molecular flexibility index (Phi) is 5.46. The smallest absolute Gasteiger partial charge is 0.252 e. The van der Waals surface area contributed by atoms with E-state index < -0.39 is 6.04 Å². The molecule has 0 radical (unpaired) electrons. The maximum atomic E-state index is 12.7. The minimum absolute atomic E-state index is 0.0275. The summed E-state index contributed by atoms with van der Waals surface area (Å²) in [4.78, 5) is 34.0. The quantitative estimate of drug-likeness (QED) is 0.788. The van der Waals surface area contributed by atoms with Crippen molar-refractivity contribution in [3.63, 3.8) is 0 Å². The number of aliphatic imine (C=N–C) groups is 1. The standard InChI is InChI=1S/C22H24N4O3/c1-29-20-10-6-5-9-17(20)19(27)15-18-21(28)24-22(23-18)26-13-11-25(12-14-26)16-7-3-2-4-8-16/h2-10,18H,11-15H2,1H3,(H,23,24,28).